The number of nitrogens with zero attached hydrogens (tertiary/aromatic N) is 1. The number of hydrogen-bond donors (Lipinski definition) is 1. The lowest BCUT2D eigenvalue weighted by atomic mass is 9.94. The molecule has 0 saturated carbocycles. The van der Waals surface area contributed by atoms with Crippen LogP contribution in [0.5, 0.6) is 0 Å². The summed E-state index contributed by atoms with van der Waals surface area (Å²) in [6, 6.07) is 4.02. The third kappa shape index (κ3) is 2.52. The molecule has 19 heavy (non-hydrogen) atoms. The Balaban J connectivity index is 2.37. The van der Waals surface area contributed by atoms with E-state index < -0.39 is 0 Å². The molecule has 104 valence electrons. The molecule has 1 aromatic rings. The summed E-state index contributed by atoms with van der Waals surface area (Å²) in [7, 11) is 0. The van der Waals surface area contributed by atoms with Crippen molar-refractivity contribution < 1.29 is 4.79 Å². The lowest BCUT2D eigenvalue weighted by Crippen LogP contribution is -2.59. The van der Waals surface area contributed by atoms with Gasteiger partial charge in [-0.15, -0.1) is 0 Å². The lowest BCUT2D eigenvalue weighted by Gasteiger charge is -2.43. The number of rotatable bonds is 1. The van der Waals surface area contributed by atoms with E-state index in [4.69, 9.17) is 0 Å². The van der Waals surface area contributed by atoms with E-state index in [1.165, 1.54) is 11.1 Å². The molecule has 1 amide bonds. The molecule has 0 unspecified atom stereocenters. The lowest BCUT2D eigenvalue weighted by molar-refractivity contribution is 0.0476. The fraction of sp³-hybridized carbons (Fsp3) is 0.562. The van der Waals surface area contributed by atoms with Crippen molar-refractivity contribution >= 4 is 5.91 Å². The highest BCUT2D eigenvalue weighted by Crippen LogP contribution is 2.23. The van der Waals surface area contributed by atoms with Crippen molar-refractivity contribution in [3.05, 3.63) is 34.4 Å². The third-order valence-electron chi connectivity index (χ3n) is 4.33. The Morgan fingerprint density at radius 1 is 1.21 bits per heavy atom. The predicted molar refractivity (Wildman–Crippen MR) is 78.6 cm³/mol. The number of aryl methyl sites for hydroxylation is 1. The molecule has 1 aliphatic rings. The van der Waals surface area contributed by atoms with Crippen LogP contribution in [0.25, 0.3) is 0 Å². The van der Waals surface area contributed by atoms with Crippen molar-refractivity contribution in [2.24, 2.45) is 0 Å². The second kappa shape index (κ2) is 4.97. The molecule has 0 spiro atoms. The molecule has 1 heterocycles. The number of hydrogen-bond acceptors (Lipinski definition) is 2. The smallest absolute Gasteiger partial charge is 0.254 e. The largest absolute Gasteiger partial charge is 0.331 e. The summed E-state index contributed by atoms with van der Waals surface area (Å²) in [6.45, 7) is 13.0. The van der Waals surface area contributed by atoms with Gasteiger partial charge in [0.1, 0.15) is 0 Å². The fourth-order valence-electron chi connectivity index (χ4n) is 2.69. The molecule has 3 heteroatoms. The summed E-state index contributed by atoms with van der Waals surface area (Å²) in [5, 5.41) is 3.35. The Bertz CT molecular complexity index is 506. The summed E-state index contributed by atoms with van der Waals surface area (Å²) >= 11 is 0. The van der Waals surface area contributed by atoms with Crippen LogP contribution in [0.3, 0.4) is 0 Å². The van der Waals surface area contributed by atoms with Gasteiger partial charge in [0, 0.05) is 25.2 Å². The molecule has 1 fully saturated rings. The minimum atomic E-state index is -0.124. The van der Waals surface area contributed by atoms with Crippen molar-refractivity contribution in [2.45, 2.75) is 40.2 Å². The van der Waals surface area contributed by atoms with E-state index in [-0.39, 0.29) is 11.4 Å². The van der Waals surface area contributed by atoms with Crippen LogP contribution in [-0.2, 0) is 0 Å². The summed E-state index contributed by atoms with van der Waals surface area (Å²) in [5.74, 6) is 0.159. The molecular weight excluding hydrogens is 236 g/mol. The Kier molecular flexibility index (Phi) is 3.68. The van der Waals surface area contributed by atoms with Gasteiger partial charge in [0.25, 0.3) is 5.91 Å². The van der Waals surface area contributed by atoms with Crippen LogP contribution in [-0.4, -0.2) is 36.0 Å². The van der Waals surface area contributed by atoms with Gasteiger partial charge in [0.15, 0.2) is 0 Å². The number of benzene rings is 1. The molecule has 1 saturated heterocycles. The quantitative estimate of drug-likeness (QED) is 0.841. The van der Waals surface area contributed by atoms with Crippen molar-refractivity contribution in [2.75, 3.05) is 19.6 Å². The van der Waals surface area contributed by atoms with Crippen molar-refractivity contribution in [1.82, 2.24) is 10.2 Å². The maximum absolute atomic E-state index is 12.8. The molecule has 0 bridgehead atoms. The Morgan fingerprint density at radius 3 is 2.53 bits per heavy atom. The zero-order valence-corrected chi connectivity index (χ0v) is 12.6. The second-order valence-electron chi connectivity index (χ2n) is 6.13. The van der Waals surface area contributed by atoms with Crippen LogP contribution in [0.4, 0.5) is 0 Å². The summed E-state index contributed by atoms with van der Waals surface area (Å²) in [5.41, 5.74) is 4.30. The van der Waals surface area contributed by atoms with Gasteiger partial charge in [0.05, 0.1) is 5.54 Å². The molecule has 1 N–H and O–H groups in total. The first-order chi connectivity index (χ1) is 8.84. The van der Waals surface area contributed by atoms with Gasteiger partial charge in [-0.3, -0.25) is 4.79 Å². The van der Waals surface area contributed by atoms with Gasteiger partial charge >= 0.3 is 0 Å². The van der Waals surface area contributed by atoms with Gasteiger partial charge in [-0.05, 0) is 57.4 Å². The van der Waals surface area contributed by atoms with E-state index >= 15 is 0 Å². The number of nitrogens with one attached hydrogen (secondary N) is 1. The Morgan fingerprint density at radius 2 is 1.89 bits per heavy atom. The highest BCUT2D eigenvalue weighted by molar-refractivity contribution is 5.96. The molecule has 1 aliphatic heterocycles. The van der Waals surface area contributed by atoms with Crippen LogP contribution in [0, 0.1) is 20.8 Å². The average molecular weight is 260 g/mol. The maximum atomic E-state index is 12.8. The molecule has 0 aliphatic carbocycles. The minimum absolute atomic E-state index is 0.124. The van der Waals surface area contributed by atoms with Gasteiger partial charge in [-0.1, -0.05) is 6.07 Å². The molecule has 3 nitrogen and oxygen atoms in total. The normalized spacial score (nSPS) is 18.5. The zero-order chi connectivity index (χ0) is 14.2. The summed E-state index contributed by atoms with van der Waals surface area (Å²) < 4.78 is 0. The number of amides is 1. The fourth-order valence-corrected chi connectivity index (χ4v) is 2.69. The monoisotopic (exact) mass is 260 g/mol. The topological polar surface area (TPSA) is 32.3 Å². The molecule has 0 radical (unpaired) electrons. The van der Waals surface area contributed by atoms with E-state index in [1.54, 1.807) is 0 Å². The average Bonchev–Trinajstić information content (AvgIpc) is 2.35. The van der Waals surface area contributed by atoms with E-state index in [9.17, 15) is 4.79 Å². The van der Waals surface area contributed by atoms with Crippen molar-refractivity contribution in [3.63, 3.8) is 0 Å². The van der Waals surface area contributed by atoms with Crippen molar-refractivity contribution in [1.29, 1.82) is 0 Å². The zero-order valence-electron chi connectivity index (χ0n) is 12.6. The second-order valence-corrected chi connectivity index (χ2v) is 6.13. The van der Waals surface area contributed by atoms with Crippen LogP contribution in [0.15, 0.2) is 12.1 Å². The van der Waals surface area contributed by atoms with E-state index in [0.29, 0.717) is 0 Å². The highest BCUT2D eigenvalue weighted by atomic mass is 16.2. The standard InChI is InChI=1S/C16H24N2O/c1-11-6-7-14(13(3)12(11)2)15(19)18-9-8-17-10-16(18,4)5/h6-7,17H,8-10H2,1-5H3. The Hall–Kier alpha value is -1.35. The summed E-state index contributed by atoms with van der Waals surface area (Å²) in [6.07, 6.45) is 0. The first kappa shape index (κ1) is 14.1. The maximum Gasteiger partial charge on any atom is 0.254 e. The number of carbonyl (C=O) groups is 1. The summed E-state index contributed by atoms with van der Waals surface area (Å²) in [4.78, 5) is 14.8. The highest BCUT2D eigenvalue weighted by Gasteiger charge is 2.34. The van der Waals surface area contributed by atoms with Gasteiger partial charge in [-0.2, -0.15) is 0 Å². The van der Waals surface area contributed by atoms with E-state index in [1.807, 2.05) is 24.0 Å². The predicted octanol–water partition coefficient (Wildman–Crippen LogP) is 2.44. The van der Waals surface area contributed by atoms with Gasteiger partial charge < -0.3 is 10.2 Å². The molecule has 1 aromatic carbocycles. The third-order valence-corrected chi connectivity index (χ3v) is 4.33. The van der Waals surface area contributed by atoms with Crippen LogP contribution < -0.4 is 5.32 Å². The molecular formula is C16H24N2O. The molecule has 0 atom stereocenters. The Labute approximate surface area is 116 Å². The molecule has 0 aromatic heterocycles. The van der Waals surface area contributed by atoms with Crippen LogP contribution in [0.2, 0.25) is 0 Å². The van der Waals surface area contributed by atoms with E-state index in [0.717, 1.165) is 30.8 Å². The minimum Gasteiger partial charge on any atom is -0.331 e. The number of carbonyl (C=O) groups excluding carboxylic acids is 1. The SMILES string of the molecule is Cc1ccc(C(=O)N2CCNCC2(C)C)c(C)c1C. The number of piperazine rings is 1. The van der Waals surface area contributed by atoms with Crippen molar-refractivity contribution in [3.8, 4) is 0 Å². The van der Waals surface area contributed by atoms with Crippen LogP contribution in [0.1, 0.15) is 40.9 Å². The first-order valence-electron chi connectivity index (χ1n) is 6.94. The van der Waals surface area contributed by atoms with Gasteiger partial charge in [-0.25, -0.2) is 0 Å². The van der Waals surface area contributed by atoms with Crippen LogP contribution >= 0.6 is 0 Å². The van der Waals surface area contributed by atoms with E-state index in [2.05, 4.69) is 33.0 Å². The van der Waals surface area contributed by atoms with Gasteiger partial charge in [0.2, 0.25) is 0 Å². The first-order valence-corrected chi connectivity index (χ1v) is 6.94. The molecule has 2 rings (SSSR count).